The summed E-state index contributed by atoms with van der Waals surface area (Å²) in [5.41, 5.74) is 0. The van der Waals surface area contributed by atoms with Gasteiger partial charge in [-0.05, 0) is 12.1 Å². The maximum atomic E-state index is 11.8. The topological polar surface area (TPSA) is 66.8 Å². The molecular formula is C11H11NO4S. The number of carboxylic acids is 1. The molecule has 1 heterocycles. The molecule has 1 unspecified atom stereocenters. The Morgan fingerprint density at radius 1 is 1.35 bits per heavy atom. The van der Waals surface area contributed by atoms with Crippen LogP contribution in [0.5, 0.6) is 5.75 Å². The molecule has 1 amide bonds. The molecule has 0 bridgehead atoms. The first-order chi connectivity index (χ1) is 8.18. The van der Waals surface area contributed by atoms with E-state index in [1.807, 2.05) is 6.07 Å². The number of rotatable bonds is 2. The Morgan fingerprint density at radius 3 is 2.71 bits per heavy atom. The number of aliphatic carboxylic acids is 1. The Kier molecular flexibility index (Phi) is 3.53. The molecule has 1 atom stereocenters. The Hall–Kier alpha value is -1.69. The predicted molar refractivity (Wildman–Crippen MR) is 63.1 cm³/mol. The molecule has 2 rings (SSSR count). The number of amides is 1. The third-order valence-electron chi connectivity index (χ3n) is 2.35. The van der Waals surface area contributed by atoms with Crippen LogP contribution in [0, 0.1) is 0 Å². The first kappa shape index (κ1) is 11.8. The summed E-state index contributed by atoms with van der Waals surface area (Å²) in [6.45, 7) is 0. The van der Waals surface area contributed by atoms with Gasteiger partial charge in [-0.3, -0.25) is 4.90 Å². The van der Waals surface area contributed by atoms with Crippen molar-refractivity contribution < 1.29 is 19.4 Å². The summed E-state index contributed by atoms with van der Waals surface area (Å²) in [5, 5.41) is 8.94. The molecule has 1 aromatic carbocycles. The molecule has 1 N–H and O–H groups in total. The predicted octanol–water partition coefficient (Wildman–Crippen LogP) is 1.64. The normalized spacial score (nSPS) is 19.1. The zero-order chi connectivity index (χ0) is 12.3. The number of ether oxygens (including phenoxy) is 1. The van der Waals surface area contributed by atoms with Gasteiger partial charge < -0.3 is 9.84 Å². The van der Waals surface area contributed by atoms with Crippen molar-refractivity contribution in [2.45, 2.75) is 6.04 Å². The number of carbonyl (C=O) groups is 2. The first-order valence-corrected chi connectivity index (χ1v) is 6.18. The number of hydrogen-bond acceptors (Lipinski definition) is 4. The summed E-state index contributed by atoms with van der Waals surface area (Å²) in [7, 11) is 0. The van der Waals surface area contributed by atoms with Crippen LogP contribution >= 0.6 is 11.8 Å². The summed E-state index contributed by atoms with van der Waals surface area (Å²) in [6.07, 6.45) is -0.617. The molecule has 5 nitrogen and oxygen atoms in total. The average molecular weight is 253 g/mol. The van der Waals surface area contributed by atoms with Crippen LogP contribution < -0.4 is 4.74 Å². The van der Waals surface area contributed by atoms with Crippen molar-refractivity contribution in [3.05, 3.63) is 30.3 Å². The van der Waals surface area contributed by atoms with Crippen molar-refractivity contribution in [3.8, 4) is 5.75 Å². The quantitative estimate of drug-likeness (QED) is 0.868. The van der Waals surface area contributed by atoms with Crippen molar-refractivity contribution in [2.24, 2.45) is 0 Å². The monoisotopic (exact) mass is 253 g/mol. The Balaban J connectivity index is 2.03. The largest absolute Gasteiger partial charge is 0.480 e. The van der Waals surface area contributed by atoms with Crippen molar-refractivity contribution in [1.82, 2.24) is 4.90 Å². The van der Waals surface area contributed by atoms with E-state index in [-0.39, 0.29) is 0 Å². The number of carboxylic acid groups (broad SMARTS) is 1. The van der Waals surface area contributed by atoms with E-state index in [0.717, 1.165) is 0 Å². The lowest BCUT2D eigenvalue weighted by atomic mass is 10.3. The third kappa shape index (κ3) is 2.71. The van der Waals surface area contributed by atoms with Crippen LogP contribution in [0.15, 0.2) is 30.3 Å². The minimum atomic E-state index is -1.000. The second kappa shape index (κ2) is 5.09. The number of carbonyl (C=O) groups excluding carboxylic acids is 1. The number of hydrogen-bond donors (Lipinski definition) is 1. The smallest absolute Gasteiger partial charge is 0.416 e. The van der Waals surface area contributed by atoms with Crippen LogP contribution in [0.4, 0.5) is 4.79 Å². The van der Waals surface area contributed by atoms with E-state index in [9.17, 15) is 9.59 Å². The van der Waals surface area contributed by atoms with Crippen molar-refractivity contribution in [2.75, 3.05) is 11.6 Å². The molecule has 1 saturated heterocycles. The molecule has 1 aliphatic heterocycles. The van der Waals surface area contributed by atoms with Crippen molar-refractivity contribution in [3.63, 3.8) is 0 Å². The molecule has 1 aliphatic rings. The zero-order valence-electron chi connectivity index (χ0n) is 8.91. The number of thioether (sulfide) groups is 1. The molecule has 0 aromatic heterocycles. The van der Waals surface area contributed by atoms with E-state index < -0.39 is 18.1 Å². The van der Waals surface area contributed by atoms with Crippen LogP contribution in [-0.4, -0.2) is 39.7 Å². The molecule has 1 aromatic rings. The Bertz CT molecular complexity index is 423. The summed E-state index contributed by atoms with van der Waals surface area (Å²) in [6, 6.07) is 7.80. The third-order valence-corrected chi connectivity index (χ3v) is 3.36. The highest BCUT2D eigenvalue weighted by Gasteiger charge is 2.35. The minimum absolute atomic E-state index is 0.350. The van der Waals surface area contributed by atoms with Gasteiger partial charge in [-0.1, -0.05) is 18.2 Å². The summed E-state index contributed by atoms with van der Waals surface area (Å²) < 4.78 is 5.09. The standard InChI is InChI=1S/C11H11NO4S/c13-10(14)9-6-17-7-12(9)11(15)16-8-4-2-1-3-5-8/h1-5,9H,6-7H2,(H,13,14). The molecule has 0 saturated carbocycles. The molecule has 90 valence electrons. The van der Waals surface area contributed by atoms with Gasteiger partial charge >= 0.3 is 12.1 Å². The van der Waals surface area contributed by atoms with E-state index in [2.05, 4.69) is 0 Å². The summed E-state index contributed by atoms with van der Waals surface area (Å²) in [5.74, 6) is 0.167. The van der Waals surface area contributed by atoms with Crippen LogP contribution in [-0.2, 0) is 4.79 Å². The van der Waals surface area contributed by atoms with Crippen LogP contribution in [0.1, 0.15) is 0 Å². The number of para-hydroxylation sites is 1. The SMILES string of the molecule is O=C(O)C1CSCN1C(=O)Oc1ccccc1. The van der Waals surface area contributed by atoms with Gasteiger partial charge in [0, 0.05) is 5.75 Å². The molecule has 0 radical (unpaired) electrons. The van der Waals surface area contributed by atoms with Gasteiger partial charge in [0.25, 0.3) is 0 Å². The average Bonchev–Trinajstić information content (AvgIpc) is 2.79. The van der Waals surface area contributed by atoms with Crippen LogP contribution in [0.2, 0.25) is 0 Å². The van der Waals surface area contributed by atoms with E-state index in [0.29, 0.717) is 17.4 Å². The van der Waals surface area contributed by atoms with Gasteiger partial charge in [-0.2, -0.15) is 0 Å². The van der Waals surface area contributed by atoms with Gasteiger partial charge in [0.2, 0.25) is 0 Å². The lowest BCUT2D eigenvalue weighted by Gasteiger charge is -2.19. The highest BCUT2D eigenvalue weighted by atomic mass is 32.2. The van der Waals surface area contributed by atoms with Gasteiger partial charge in [0.1, 0.15) is 11.8 Å². The van der Waals surface area contributed by atoms with Gasteiger partial charge in [0.05, 0.1) is 5.88 Å². The minimum Gasteiger partial charge on any atom is -0.480 e. The fraction of sp³-hybridized carbons (Fsp3) is 0.273. The van der Waals surface area contributed by atoms with E-state index in [1.165, 1.54) is 16.7 Å². The maximum absolute atomic E-state index is 11.8. The second-order valence-corrected chi connectivity index (χ2v) is 4.50. The van der Waals surface area contributed by atoms with Crippen LogP contribution in [0.25, 0.3) is 0 Å². The van der Waals surface area contributed by atoms with E-state index in [4.69, 9.17) is 9.84 Å². The molecule has 1 fully saturated rings. The van der Waals surface area contributed by atoms with Gasteiger partial charge in [0.15, 0.2) is 0 Å². The number of nitrogens with zero attached hydrogens (tertiary/aromatic N) is 1. The van der Waals surface area contributed by atoms with Crippen LogP contribution in [0.3, 0.4) is 0 Å². The Morgan fingerprint density at radius 2 is 2.06 bits per heavy atom. The fourth-order valence-electron chi connectivity index (χ4n) is 1.48. The molecular weight excluding hydrogens is 242 g/mol. The van der Waals surface area contributed by atoms with Crippen molar-refractivity contribution >= 4 is 23.8 Å². The highest BCUT2D eigenvalue weighted by Crippen LogP contribution is 2.22. The highest BCUT2D eigenvalue weighted by molar-refractivity contribution is 7.99. The molecule has 0 spiro atoms. The number of benzene rings is 1. The van der Waals surface area contributed by atoms with Gasteiger partial charge in [-0.25, -0.2) is 9.59 Å². The van der Waals surface area contributed by atoms with E-state index in [1.54, 1.807) is 24.3 Å². The molecule has 17 heavy (non-hydrogen) atoms. The Labute approximate surface area is 102 Å². The first-order valence-electron chi connectivity index (χ1n) is 5.02. The summed E-state index contributed by atoms with van der Waals surface area (Å²) >= 11 is 1.40. The van der Waals surface area contributed by atoms with Crippen molar-refractivity contribution in [1.29, 1.82) is 0 Å². The lowest BCUT2D eigenvalue weighted by molar-refractivity contribution is -0.141. The lowest BCUT2D eigenvalue weighted by Crippen LogP contribution is -2.43. The second-order valence-electron chi connectivity index (χ2n) is 3.50. The van der Waals surface area contributed by atoms with E-state index >= 15 is 0 Å². The molecule has 0 aliphatic carbocycles. The fourth-order valence-corrected chi connectivity index (χ4v) is 2.61. The summed E-state index contributed by atoms with van der Waals surface area (Å²) in [4.78, 5) is 23.9. The zero-order valence-corrected chi connectivity index (χ0v) is 9.72. The maximum Gasteiger partial charge on any atom is 0.416 e. The van der Waals surface area contributed by atoms with Gasteiger partial charge in [-0.15, -0.1) is 11.8 Å². The molecule has 6 heteroatoms.